The van der Waals surface area contributed by atoms with Gasteiger partial charge in [0.1, 0.15) is 0 Å². The van der Waals surface area contributed by atoms with Crippen LogP contribution >= 0.6 is 27.7 Å². The molecule has 1 aromatic heterocycles. The van der Waals surface area contributed by atoms with Crippen LogP contribution in [0.1, 0.15) is 21.6 Å². The molecule has 0 saturated heterocycles. The van der Waals surface area contributed by atoms with E-state index in [1.54, 1.807) is 17.8 Å². The zero-order valence-electron chi connectivity index (χ0n) is 13.9. The third kappa shape index (κ3) is 4.53. The van der Waals surface area contributed by atoms with Gasteiger partial charge in [-0.05, 0) is 36.1 Å². The number of rotatable bonds is 6. The molecule has 1 heterocycles. The Morgan fingerprint density at radius 3 is 2.60 bits per heavy atom. The summed E-state index contributed by atoms with van der Waals surface area (Å²) in [5.74, 6) is 0.0121. The van der Waals surface area contributed by atoms with Crippen molar-refractivity contribution in [1.82, 2.24) is 4.57 Å². The van der Waals surface area contributed by atoms with E-state index in [1.807, 2.05) is 54.8 Å². The van der Waals surface area contributed by atoms with Crippen molar-refractivity contribution >= 4 is 38.4 Å². The van der Waals surface area contributed by atoms with Crippen molar-refractivity contribution in [2.24, 2.45) is 0 Å². The topological polar surface area (TPSA) is 22.0 Å². The number of benzene rings is 2. The largest absolute Gasteiger partial charge is 0.343 e. The number of halogens is 1. The molecule has 3 aromatic rings. The summed E-state index contributed by atoms with van der Waals surface area (Å²) >= 11 is 5.01. The average molecular weight is 412 g/mol. The van der Waals surface area contributed by atoms with Crippen LogP contribution in [0.25, 0.3) is 4.91 Å². The second-order valence-corrected chi connectivity index (χ2v) is 7.36. The standard InChI is InChI=1S/C21H18BrNOS/c1-25-21(14-20(24)17-9-5-10-18(22)13-17)19-11-6-12-23(19)15-16-7-3-2-4-8-16/h2-14H,15H2,1H3/b21-14-. The number of hydrogen-bond acceptors (Lipinski definition) is 2. The van der Waals surface area contributed by atoms with E-state index in [2.05, 4.69) is 44.9 Å². The van der Waals surface area contributed by atoms with Crippen LogP contribution in [0.2, 0.25) is 0 Å². The summed E-state index contributed by atoms with van der Waals surface area (Å²) in [7, 11) is 0. The van der Waals surface area contributed by atoms with E-state index < -0.39 is 0 Å². The summed E-state index contributed by atoms with van der Waals surface area (Å²) in [5, 5.41) is 0. The van der Waals surface area contributed by atoms with Gasteiger partial charge in [0, 0.05) is 33.8 Å². The maximum atomic E-state index is 12.6. The molecule has 0 fully saturated rings. The first-order valence-corrected chi connectivity index (χ1v) is 9.94. The number of carbonyl (C=O) groups excluding carboxylic acids is 1. The summed E-state index contributed by atoms with van der Waals surface area (Å²) < 4.78 is 3.08. The van der Waals surface area contributed by atoms with Crippen molar-refractivity contribution in [3.63, 3.8) is 0 Å². The third-order valence-electron chi connectivity index (χ3n) is 3.87. The van der Waals surface area contributed by atoms with Crippen molar-refractivity contribution in [3.8, 4) is 0 Å². The van der Waals surface area contributed by atoms with Crippen molar-refractivity contribution in [1.29, 1.82) is 0 Å². The Kier molecular flexibility index (Phi) is 5.95. The minimum absolute atomic E-state index is 0.0121. The lowest BCUT2D eigenvalue weighted by Crippen LogP contribution is -2.03. The van der Waals surface area contributed by atoms with Gasteiger partial charge in [0.2, 0.25) is 0 Å². The molecule has 25 heavy (non-hydrogen) atoms. The Balaban J connectivity index is 1.89. The van der Waals surface area contributed by atoms with Gasteiger partial charge in [-0.15, -0.1) is 11.8 Å². The number of aromatic nitrogens is 1. The summed E-state index contributed by atoms with van der Waals surface area (Å²) in [6.07, 6.45) is 5.78. The monoisotopic (exact) mass is 411 g/mol. The first-order valence-electron chi connectivity index (χ1n) is 7.92. The molecule has 0 aliphatic carbocycles. The van der Waals surface area contributed by atoms with Crippen LogP contribution in [0.3, 0.4) is 0 Å². The van der Waals surface area contributed by atoms with E-state index in [9.17, 15) is 4.79 Å². The second kappa shape index (κ2) is 8.37. The first kappa shape index (κ1) is 17.8. The van der Waals surface area contributed by atoms with Crippen LogP contribution < -0.4 is 0 Å². The van der Waals surface area contributed by atoms with Gasteiger partial charge in [0.05, 0.1) is 5.69 Å². The Labute approximate surface area is 160 Å². The van der Waals surface area contributed by atoms with Crippen molar-refractivity contribution < 1.29 is 4.79 Å². The molecule has 0 bridgehead atoms. The molecule has 0 unspecified atom stereocenters. The number of allylic oxidation sites excluding steroid dienone is 1. The molecule has 0 atom stereocenters. The molecule has 0 amide bonds. The minimum Gasteiger partial charge on any atom is -0.343 e. The zero-order valence-corrected chi connectivity index (χ0v) is 16.3. The van der Waals surface area contributed by atoms with Gasteiger partial charge in [-0.25, -0.2) is 0 Å². The van der Waals surface area contributed by atoms with Crippen LogP contribution in [0.4, 0.5) is 0 Å². The number of thioether (sulfide) groups is 1. The molecule has 0 radical (unpaired) electrons. The Hall–Kier alpha value is -2.04. The highest BCUT2D eigenvalue weighted by Gasteiger charge is 2.11. The molecule has 3 rings (SSSR count). The predicted molar refractivity (Wildman–Crippen MR) is 110 cm³/mol. The van der Waals surface area contributed by atoms with Gasteiger partial charge in [-0.3, -0.25) is 4.79 Å². The highest BCUT2D eigenvalue weighted by Crippen LogP contribution is 2.27. The smallest absolute Gasteiger partial charge is 0.187 e. The lowest BCUT2D eigenvalue weighted by Gasteiger charge is -2.11. The van der Waals surface area contributed by atoms with Crippen LogP contribution in [0.15, 0.2) is 83.5 Å². The van der Waals surface area contributed by atoms with Gasteiger partial charge in [-0.1, -0.05) is 58.4 Å². The van der Waals surface area contributed by atoms with Crippen LogP contribution in [0.5, 0.6) is 0 Å². The fraction of sp³-hybridized carbons (Fsp3) is 0.0952. The van der Waals surface area contributed by atoms with Crippen LogP contribution in [-0.4, -0.2) is 16.6 Å². The van der Waals surface area contributed by atoms with E-state index in [-0.39, 0.29) is 5.78 Å². The molecule has 0 saturated carbocycles. The SMILES string of the molecule is CS/C(=C\C(=O)c1cccc(Br)c1)c1cccn1Cc1ccccc1. The Bertz CT molecular complexity index is 899. The van der Waals surface area contributed by atoms with E-state index in [0.717, 1.165) is 21.6 Å². The number of ketones is 1. The van der Waals surface area contributed by atoms with Crippen molar-refractivity contribution in [2.75, 3.05) is 6.26 Å². The van der Waals surface area contributed by atoms with Crippen LogP contribution in [0, 0.1) is 0 Å². The lowest BCUT2D eigenvalue weighted by molar-refractivity contribution is 0.104. The molecular weight excluding hydrogens is 394 g/mol. The molecule has 0 spiro atoms. The quantitative estimate of drug-likeness (QED) is 0.372. The molecule has 4 heteroatoms. The van der Waals surface area contributed by atoms with E-state index in [0.29, 0.717) is 5.56 Å². The summed E-state index contributed by atoms with van der Waals surface area (Å²) in [5.41, 5.74) is 2.97. The molecule has 2 aromatic carbocycles. The van der Waals surface area contributed by atoms with Crippen molar-refractivity contribution in [3.05, 3.63) is 100 Å². The van der Waals surface area contributed by atoms with Gasteiger partial charge in [0.25, 0.3) is 0 Å². The van der Waals surface area contributed by atoms with Crippen LogP contribution in [-0.2, 0) is 6.54 Å². The molecule has 126 valence electrons. The summed E-state index contributed by atoms with van der Waals surface area (Å²) in [6.45, 7) is 0.784. The maximum absolute atomic E-state index is 12.6. The molecule has 0 aliphatic heterocycles. The predicted octanol–water partition coefficient (Wildman–Crippen LogP) is 5.89. The summed E-state index contributed by atoms with van der Waals surface area (Å²) in [6, 6.07) is 21.9. The third-order valence-corrected chi connectivity index (χ3v) is 5.13. The highest BCUT2D eigenvalue weighted by atomic mass is 79.9. The van der Waals surface area contributed by atoms with Gasteiger partial charge in [-0.2, -0.15) is 0 Å². The number of hydrogen-bond donors (Lipinski definition) is 0. The van der Waals surface area contributed by atoms with E-state index in [4.69, 9.17) is 0 Å². The Morgan fingerprint density at radius 2 is 1.88 bits per heavy atom. The lowest BCUT2D eigenvalue weighted by atomic mass is 10.1. The van der Waals surface area contributed by atoms with E-state index in [1.165, 1.54) is 5.56 Å². The number of nitrogens with zero attached hydrogens (tertiary/aromatic N) is 1. The molecule has 0 N–H and O–H groups in total. The maximum Gasteiger partial charge on any atom is 0.187 e. The van der Waals surface area contributed by atoms with Gasteiger partial charge < -0.3 is 4.57 Å². The van der Waals surface area contributed by atoms with Gasteiger partial charge >= 0.3 is 0 Å². The Morgan fingerprint density at radius 1 is 1.08 bits per heavy atom. The average Bonchev–Trinajstić information content (AvgIpc) is 3.08. The fourth-order valence-corrected chi connectivity index (χ4v) is 3.66. The molecular formula is C21H18BrNOS. The van der Waals surface area contributed by atoms with Gasteiger partial charge in [0.15, 0.2) is 5.78 Å². The second-order valence-electron chi connectivity index (χ2n) is 5.59. The highest BCUT2D eigenvalue weighted by molar-refractivity contribution is 9.10. The first-order chi connectivity index (χ1) is 12.2. The zero-order chi connectivity index (χ0) is 17.6. The molecule has 2 nitrogen and oxygen atoms in total. The van der Waals surface area contributed by atoms with Crippen molar-refractivity contribution in [2.45, 2.75) is 6.54 Å². The fourth-order valence-electron chi connectivity index (χ4n) is 2.64. The minimum atomic E-state index is 0.0121. The summed E-state index contributed by atoms with van der Waals surface area (Å²) in [4.78, 5) is 13.6. The number of carbonyl (C=O) groups is 1. The molecule has 0 aliphatic rings. The van der Waals surface area contributed by atoms with E-state index >= 15 is 0 Å². The normalized spacial score (nSPS) is 11.5.